The van der Waals surface area contributed by atoms with Gasteiger partial charge in [-0.2, -0.15) is 4.31 Å². The second-order valence-electron chi connectivity index (χ2n) is 7.20. The highest BCUT2D eigenvalue weighted by Crippen LogP contribution is 2.34. The lowest BCUT2D eigenvalue weighted by atomic mass is 9.95. The van der Waals surface area contributed by atoms with Gasteiger partial charge in [0.1, 0.15) is 5.75 Å². The van der Waals surface area contributed by atoms with E-state index in [4.69, 9.17) is 9.47 Å². The van der Waals surface area contributed by atoms with E-state index in [1.807, 2.05) is 0 Å². The van der Waals surface area contributed by atoms with Gasteiger partial charge >= 0.3 is 5.97 Å². The minimum Gasteiger partial charge on any atom is -0.475 e. The summed E-state index contributed by atoms with van der Waals surface area (Å²) in [5, 5.41) is 0. The maximum Gasteiger partial charge on any atom is 0.348 e. The Hall–Kier alpha value is -2.13. The fraction of sp³-hybridized carbons (Fsp3) is 0.579. The van der Waals surface area contributed by atoms with Crippen LogP contribution in [0.5, 0.6) is 5.75 Å². The van der Waals surface area contributed by atoms with Crippen molar-refractivity contribution in [3.8, 4) is 5.75 Å². The first-order valence-electron chi connectivity index (χ1n) is 9.42. The number of sulfonamides is 1. The summed E-state index contributed by atoms with van der Waals surface area (Å²) in [7, 11) is -2.29. The van der Waals surface area contributed by atoms with Gasteiger partial charge in [-0.25, -0.2) is 13.2 Å². The van der Waals surface area contributed by atoms with Gasteiger partial charge in [0, 0.05) is 6.04 Å². The Bertz CT molecular complexity index is 835. The lowest BCUT2D eigenvalue weighted by molar-refractivity contribution is -0.148. The van der Waals surface area contributed by atoms with Crippen LogP contribution >= 0.6 is 0 Å². The van der Waals surface area contributed by atoms with Crippen LogP contribution in [-0.4, -0.2) is 63.2 Å². The summed E-state index contributed by atoms with van der Waals surface area (Å²) in [6.07, 6.45) is 4.69. The van der Waals surface area contributed by atoms with E-state index in [1.165, 1.54) is 16.3 Å². The van der Waals surface area contributed by atoms with Crippen LogP contribution in [0.1, 0.15) is 32.1 Å². The zero-order valence-electron chi connectivity index (χ0n) is 16.2. The first-order chi connectivity index (χ1) is 13.3. The largest absolute Gasteiger partial charge is 0.475 e. The summed E-state index contributed by atoms with van der Waals surface area (Å²) in [6.45, 7) is -0.281. The number of nitrogens with zero attached hydrogens (tertiary/aromatic N) is 2. The third kappa shape index (κ3) is 4.47. The lowest BCUT2D eigenvalue weighted by Crippen LogP contribution is -2.52. The van der Waals surface area contributed by atoms with Crippen molar-refractivity contribution in [2.75, 3.05) is 31.4 Å². The number of carbonyl (C=O) groups excluding carboxylic acids is 2. The van der Waals surface area contributed by atoms with E-state index in [0.717, 1.165) is 38.4 Å². The van der Waals surface area contributed by atoms with Crippen molar-refractivity contribution in [3.63, 3.8) is 0 Å². The van der Waals surface area contributed by atoms with Gasteiger partial charge in [-0.3, -0.25) is 4.79 Å². The van der Waals surface area contributed by atoms with Gasteiger partial charge in [0.25, 0.3) is 0 Å². The van der Waals surface area contributed by atoms with Gasteiger partial charge < -0.3 is 14.4 Å². The molecular weight excluding hydrogens is 384 g/mol. The van der Waals surface area contributed by atoms with Crippen LogP contribution < -0.4 is 9.64 Å². The molecule has 1 aliphatic carbocycles. The van der Waals surface area contributed by atoms with Crippen LogP contribution in [0.3, 0.4) is 0 Å². The van der Waals surface area contributed by atoms with E-state index in [1.54, 1.807) is 24.3 Å². The average molecular weight is 410 g/mol. The molecule has 9 heteroatoms. The van der Waals surface area contributed by atoms with Crippen LogP contribution in [0.25, 0.3) is 0 Å². The lowest BCUT2D eigenvalue weighted by Gasteiger charge is -2.36. The second-order valence-corrected chi connectivity index (χ2v) is 9.14. The molecule has 1 fully saturated rings. The summed E-state index contributed by atoms with van der Waals surface area (Å²) in [5.41, 5.74) is 0.518. The molecule has 1 heterocycles. The number of methoxy groups -OCH3 is 1. The van der Waals surface area contributed by atoms with E-state index in [-0.39, 0.29) is 25.0 Å². The Morgan fingerprint density at radius 2 is 1.89 bits per heavy atom. The summed E-state index contributed by atoms with van der Waals surface area (Å²) in [6, 6.07) is 6.72. The van der Waals surface area contributed by atoms with Crippen molar-refractivity contribution in [1.82, 2.24) is 4.31 Å². The number of fused-ring (bicyclic) bond motifs is 1. The van der Waals surface area contributed by atoms with Crippen molar-refractivity contribution in [1.29, 1.82) is 0 Å². The van der Waals surface area contributed by atoms with E-state index in [2.05, 4.69) is 0 Å². The van der Waals surface area contributed by atoms with Crippen LogP contribution in [0.4, 0.5) is 5.69 Å². The van der Waals surface area contributed by atoms with Crippen molar-refractivity contribution < 1.29 is 27.5 Å². The molecule has 3 rings (SSSR count). The number of hydrogen-bond donors (Lipinski definition) is 0. The van der Waals surface area contributed by atoms with E-state index in [9.17, 15) is 18.0 Å². The molecular formula is C19H26N2O6S. The summed E-state index contributed by atoms with van der Waals surface area (Å²) < 4.78 is 36.5. The van der Waals surface area contributed by atoms with Gasteiger partial charge in [-0.15, -0.1) is 0 Å². The fourth-order valence-electron chi connectivity index (χ4n) is 3.83. The monoisotopic (exact) mass is 410 g/mol. The Morgan fingerprint density at radius 1 is 1.21 bits per heavy atom. The summed E-state index contributed by atoms with van der Waals surface area (Å²) in [5.74, 6) is -0.582. The molecule has 0 radical (unpaired) electrons. The third-order valence-corrected chi connectivity index (χ3v) is 6.52. The summed E-state index contributed by atoms with van der Waals surface area (Å²) >= 11 is 0. The minimum atomic E-state index is -3.55. The zero-order valence-corrected chi connectivity index (χ0v) is 17.0. The Labute approximate surface area is 165 Å². The molecule has 1 aromatic rings. The van der Waals surface area contributed by atoms with Crippen molar-refractivity contribution in [2.24, 2.45) is 0 Å². The number of hydrogen-bond acceptors (Lipinski definition) is 6. The molecule has 0 aromatic heterocycles. The van der Waals surface area contributed by atoms with Gasteiger partial charge in [0.2, 0.25) is 22.0 Å². The molecule has 1 saturated carbocycles. The van der Waals surface area contributed by atoms with E-state index in [0.29, 0.717) is 11.4 Å². The Balaban J connectivity index is 1.85. The number of para-hydroxylation sites is 2. The second kappa shape index (κ2) is 8.48. The number of esters is 1. The Kier molecular flexibility index (Phi) is 6.24. The molecule has 28 heavy (non-hydrogen) atoms. The smallest absolute Gasteiger partial charge is 0.348 e. The van der Waals surface area contributed by atoms with Crippen molar-refractivity contribution in [3.05, 3.63) is 24.3 Å². The fourth-order valence-corrected chi connectivity index (χ4v) is 4.93. The topological polar surface area (TPSA) is 93.2 Å². The molecule has 1 unspecified atom stereocenters. The molecule has 1 aromatic carbocycles. The molecule has 1 atom stereocenters. The van der Waals surface area contributed by atoms with Gasteiger partial charge in [-0.1, -0.05) is 31.4 Å². The molecule has 1 amide bonds. The van der Waals surface area contributed by atoms with Gasteiger partial charge in [-0.05, 0) is 25.0 Å². The molecule has 0 N–H and O–H groups in total. The predicted molar refractivity (Wildman–Crippen MR) is 104 cm³/mol. The average Bonchev–Trinajstić information content (AvgIpc) is 2.70. The third-order valence-electron chi connectivity index (χ3n) is 5.24. The van der Waals surface area contributed by atoms with Gasteiger partial charge in [0.15, 0.2) is 0 Å². The zero-order chi connectivity index (χ0) is 20.3. The number of ether oxygens (including phenoxy) is 2. The maximum atomic E-state index is 13.1. The predicted octanol–water partition coefficient (Wildman–Crippen LogP) is 1.55. The maximum absolute atomic E-state index is 13.1. The first-order valence-corrected chi connectivity index (χ1v) is 11.3. The summed E-state index contributed by atoms with van der Waals surface area (Å²) in [4.78, 5) is 26.5. The molecule has 2 aliphatic rings. The molecule has 0 spiro atoms. The van der Waals surface area contributed by atoms with Crippen molar-refractivity contribution in [2.45, 2.75) is 44.2 Å². The number of benzene rings is 1. The highest BCUT2D eigenvalue weighted by molar-refractivity contribution is 7.88. The molecule has 8 nitrogen and oxygen atoms in total. The van der Waals surface area contributed by atoms with E-state index >= 15 is 0 Å². The molecule has 1 aliphatic heterocycles. The highest BCUT2D eigenvalue weighted by Gasteiger charge is 2.37. The van der Waals surface area contributed by atoms with Crippen molar-refractivity contribution >= 4 is 27.6 Å². The SMILES string of the molecule is COC(=O)C1CN(C(=O)CN(C2CCCCC2)S(C)(=O)=O)c2ccccc2O1. The normalized spacial score (nSPS) is 20.4. The first kappa shape index (κ1) is 20.6. The van der Waals surface area contributed by atoms with Crippen LogP contribution in [0.15, 0.2) is 24.3 Å². The quantitative estimate of drug-likeness (QED) is 0.684. The van der Waals surface area contributed by atoms with Crippen LogP contribution in [0, 0.1) is 0 Å². The number of rotatable bonds is 5. The van der Waals surface area contributed by atoms with Crippen LogP contribution in [0.2, 0.25) is 0 Å². The highest BCUT2D eigenvalue weighted by atomic mass is 32.2. The number of carbonyl (C=O) groups is 2. The number of anilines is 1. The van der Waals surface area contributed by atoms with E-state index < -0.39 is 22.1 Å². The minimum absolute atomic E-state index is 0.0230. The Morgan fingerprint density at radius 3 is 2.54 bits per heavy atom. The van der Waals surface area contributed by atoms with Gasteiger partial charge in [0.05, 0.1) is 32.1 Å². The molecule has 154 valence electrons. The molecule has 0 bridgehead atoms. The van der Waals surface area contributed by atoms with Crippen LogP contribution in [-0.2, 0) is 24.3 Å². The molecule has 0 saturated heterocycles. The standard InChI is InChI=1S/C19H26N2O6S/c1-26-19(23)17-12-20(15-10-6-7-11-16(15)27-17)18(22)13-21(28(2,24)25)14-8-4-3-5-9-14/h6-7,10-11,14,17H,3-5,8-9,12-13H2,1-2H3. The number of amides is 1.